The molecule has 9 nitrogen and oxygen atoms in total. The molecule has 3 rings (SSSR count). The van der Waals surface area contributed by atoms with E-state index in [1.54, 1.807) is 18.2 Å². The van der Waals surface area contributed by atoms with Crippen LogP contribution in [0, 0.1) is 0 Å². The molecule has 0 heterocycles. The van der Waals surface area contributed by atoms with Crippen LogP contribution in [0.25, 0.3) is 6.08 Å². The molecule has 36 heavy (non-hydrogen) atoms. The minimum absolute atomic E-state index is 0.0710. The Morgan fingerprint density at radius 1 is 1.00 bits per heavy atom. The molecule has 0 saturated carbocycles. The molecule has 0 radical (unpaired) electrons. The maximum Gasteiger partial charge on any atom is 0.341 e. The predicted octanol–water partition coefficient (Wildman–Crippen LogP) is 2.94. The molecular formula is C25H23Cl2N3O6. The predicted molar refractivity (Wildman–Crippen MR) is 135 cm³/mol. The van der Waals surface area contributed by atoms with Gasteiger partial charge in [-0.15, -0.1) is 0 Å². The summed E-state index contributed by atoms with van der Waals surface area (Å²) in [5.41, 5.74) is 2.33. The Morgan fingerprint density at radius 2 is 1.69 bits per heavy atom. The van der Waals surface area contributed by atoms with Gasteiger partial charge in [0.15, 0.2) is 12.4 Å². The fraction of sp³-hybridized carbons (Fsp3) is 0.240. The number of rotatable bonds is 8. The highest BCUT2D eigenvalue weighted by Gasteiger charge is 2.22. The van der Waals surface area contributed by atoms with E-state index in [0.717, 1.165) is 24.0 Å². The third-order valence-electron chi connectivity index (χ3n) is 5.30. The maximum atomic E-state index is 12.3. The molecule has 1 atom stereocenters. The summed E-state index contributed by atoms with van der Waals surface area (Å²) in [6.07, 6.45) is 5.61. The second-order valence-corrected chi connectivity index (χ2v) is 8.70. The van der Waals surface area contributed by atoms with Crippen LogP contribution < -0.4 is 16.0 Å². The molecule has 11 heteroatoms. The van der Waals surface area contributed by atoms with Gasteiger partial charge in [0.2, 0.25) is 5.91 Å². The summed E-state index contributed by atoms with van der Waals surface area (Å²) in [6, 6.07) is 8.86. The van der Waals surface area contributed by atoms with Gasteiger partial charge in [0, 0.05) is 11.3 Å². The molecule has 0 aromatic heterocycles. The SMILES string of the molecule is CC(NC(=O)CNC(=O)C(=O)Nc1cccc2c1C=CCC2)C(=O)COC(=O)c1c(Cl)cccc1Cl. The minimum Gasteiger partial charge on any atom is -0.454 e. The number of hydrogen-bond acceptors (Lipinski definition) is 6. The molecule has 1 unspecified atom stereocenters. The number of aryl methyl sites for hydroxylation is 1. The lowest BCUT2D eigenvalue weighted by Crippen LogP contribution is -2.46. The average molecular weight is 532 g/mol. The largest absolute Gasteiger partial charge is 0.454 e. The standard InChI is InChI=1S/C25H23Cl2N3O6/c1-14(20(31)13-36-25(35)22-17(26)9-5-10-18(22)27)29-21(32)12-28-23(33)24(34)30-19-11-4-7-15-6-2-3-8-16(15)19/h3-5,7-11,14H,2,6,12-13H2,1H3,(H,28,33)(H,29,32)(H,30,34). The molecule has 3 amide bonds. The van der Waals surface area contributed by atoms with E-state index in [9.17, 15) is 24.0 Å². The number of ether oxygens (including phenoxy) is 1. The Morgan fingerprint density at radius 3 is 2.42 bits per heavy atom. The van der Waals surface area contributed by atoms with E-state index in [-0.39, 0.29) is 15.6 Å². The van der Waals surface area contributed by atoms with Gasteiger partial charge in [0.1, 0.15) is 0 Å². The van der Waals surface area contributed by atoms with Gasteiger partial charge in [0.25, 0.3) is 0 Å². The highest BCUT2D eigenvalue weighted by molar-refractivity contribution is 6.40. The van der Waals surface area contributed by atoms with E-state index < -0.39 is 48.7 Å². The summed E-state index contributed by atoms with van der Waals surface area (Å²) in [4.78, 5) is 60.9. The van der Waals surface area contributed by atoms with Crippen molar-refractivity contribution in [1.29, 1.82) is 0 Å². The number of benzene rings is 2. The third kappa shape index (κ3) is 6.93. The van der Waals surface area contributed by atoms with Gasteiger partial charge in [-0.1, -0.05) is 53.6 Å². The van der Waals surface area contributed by atoms with Crippen LogP contribution in [-0.4, -0.2) is 48.7 Å². The average Bonchev–Trinajstić information content (AvgIpc) is 2.85. The lowest BCUT2D eigenvalue weighted by molar-refractivity contribution is -0.137. The number of allylic oxidation sites excluding steroid dienone is 1. The molecule has 0 spiro atoms. The van der Waals surface area contributed by atoms with E-state index >= 15 is 0 Å². The van der Waals surface area contributed by atoms with Crippen LogP contribution in [0.4, 0.5) is 5.69 Å². The molecule has 1 aliphatic rings. The van der Waals surface area contributed by atoms with E-state index in [2.05, 4.69) is 16.0 Å². The number of Topliss-reactive ketones (excluding diaryl/α,β-unsaturated/α-hetero) is 1. The van der Waals surface area contributed by atoms with Crippen LogP contribution in [0.3, 0.4) is 0 Å². The zero-order valence-electron chi connectivity index (χ0n) is 19.2. The topological polar surface area (TPSA) is 131 Å². The zero-order chi connectivity index (χ0) is 26.2. The van der Waals surface area contributed by atoms with Crippen molar-refractivity contribution in [3.05, 3.63) is 69.2 Å². The number of fused-ring (bicyclic) bond motifs is 1. The smallest absolute Gasteiger partial charge is 0.341 e. The molecule has 0 fully saturated rings. The molecule has 188 valence electrons. The van der Waals surface area contributed by atoms with Crippen molar-refractivity contribution in [2.24, 2.45) is 0 Å². The Hall–Kier alpha value is -3.69. The van der Waals surface area contributed by atoms with Gasteiger partial charge in [0.05, 0.1) is 28.2 Å². The van der Waals surface area contributed by atoms with E-state index in [0.29, 0.717) is 5.69 Å². The van der Waals surface area contributed by atoms with Crippen molar-refractivity contribution >= 4 is 64.4 Å². The first-order valence-electron chi connectivity index (χ1n) is 11.0. The van der Waals surface area contributed by atoms with Gasteiger partial charge >= 0.3 is 17.8 Å². The van der Waals surface area contributed by atoms with E-state index in [4.69, 9.17) is 27.9 Å². The lowest BCUT2D eigenvalue weighted by Gasteiger charge is -2.16. The van der Waals surface area contributed by atoms with Crippen LogP contribution in [-0.2, 0) is 30.3 Å². The van der Waals surface area contributed by atoms with Crippen LogP contribution in [0.1, 0.15) is 34.8 Å². The third-order valence-corrected chi connectivity index (χ3v) is 5.93. The van der Waals surface area contributed by atoms with Crippen LogP contribution >= 0.6 is 23.2 Å². The first-order valence-corrected chi connectivity index (χ1v) is 11.7. The Labute approximate surface area is 217 Å². The van der Waals surface area contributed by atoms with Gasteiger partial charge in [-0.3, -0.25) is 19.2 Å². The van der Waals surface area contributed by atoms with Gasteiger partial charge in [-0.2, -0.15) is 0 Å². The second kappa shape index (κ2) is 12.3. The second-order valence-electron chi connectivity index (χ2n) is 7.88. The Balaban J connectivity index is 1.43. The summed E-state index contributed by atoms with van der Waals surface area (Å²) in [7, 11) is 0. The molecule has 0 saturated heterocycles. The highest BCUT2D eigenvalue weighted by atomic mass is 35.5. The van der Waals surface area contributed by atoms with E-state index in [1.807, 2.05) is 18.2 Å². The molecule has 2 aromatic rings. The number of carbonyl (C=O) groups is 5. The summed E-state index contributed by atoms with van der Waals surface area (Å²) in [5, 5.41) is 7.26. The molecular weight excluding hydrogens is 509 g/mol. The summed E-state index contributed by atoms with van der Waals surface area (Å²) in [5.74, 6) is -4.13. The van der Waals surface area contributed by atoms with Crippen molar-refractivity contribution in [2.45, 2.75) is 25.8 Å². The maximum absolute atomic E-state index is 12.3. The fourth-order valence-corrected chi connectivity index (χ4v) is 3.95. The van der Waals surface area contributed by atoms with Gasteiger partial charge in [-0.05, 0) is 43.5 Å². The number of esters is 1. The first-order chi connectivity index (χ1) is 17.2. The number of carbonyl (C=O) groups excluding carboxylic acids is 5. The monoisotopic (exact) mass is 531 g/mol. The first kappa shape index (κ1) is 26.9. The Kier molecular flexibility index (Phi) is 9.21. The Bertz CT molecular complexity index is 1220. The van der Waals surface area contributed by atoms with Crippen LogP contribution in [0.2, 0.25) is 10.0 Å². The van der Waals surface area contributed by atoms with Crippen molar-refractivity contribution in [3.8, 4) is 0 Å². The molecule has 2 aromatic carbocycles. The van der Waals surface area contributed by atoms with Gasteiger partial charge < -0.3 is 20.7 Å². The van der Waals surface area contributed by atoms with E-state index in [1.165, 1.54) is 19.1 Å². The quantitative estimate of drug-likeness (QED) is 0.354. The van der Waals surface area contributed by atoms with Crippen LogP contribution in [0.15, 0.2) is 42.5 Å². The molecule has 0 bridgehead atoms. The van der Waals surface area contributed by atoms with Crippen molar-refractivity contribution < 1.29 is 28.7 Å². The van der Waals surface area contributed by atoms with Gasteiger partial charge in [-0.25, -0.2) is 4.79 Å². The van der Waals surface area contributed by atoms with Crippen LogP contribution in [0.5, 0.6) is 0 Å². The number of nitrogens with one attached hydrogen (secondary N) is 3. The number of hydrogen-bond donors (Lipinski definition) is 3. The molecule has 3 N–H and O–H groups in total. The lowest BCUT2D eigenvalue weighted by atomic mass is 9.96. The number of halogens is 2. The van der Waals surface area contributed by atoms with Crippen molar-refractivity contribution in [1.82, 2.24) is 10.6 Å². The molecule has 1 aliphatic carbocycles. The normalized spacial score (nSPS) is 12.6. The number of ketones is 1. The molecule has 0 aliphatic heterocycles. The summed E-state index contributed by atoms with van der Waals surface area (Å²) >= 11 is 11.9. The summed E-state index contributed by atoms with van der Waals surface area (Å²) in [6.45, 7) is 0.218. The highest BCUT2D eigenvalue weighted by Crippen LogP contribution is 2.27. The summed E-state index contributed by atoms with van der Waals surface area (Å²) < 4.78 is 4.94. The fourth-order valence-electron chi connectivity index (χ4n) is 3.40. The number of amides is 3. The minimum atomic E-state index is -1.03. The van der Waals surface area contributed by atoms with Crippen molar-refractivity contribution in [2.75, 3.05) is 18.5 Å². The van der Waals surface area contributed by atoms with Crippen molar-refractivity contribution in [3.63, 3.8) is 0 Å². The number of anilines is 1. The zero-order valence-corrected chi connectivity index (χ0v) is 20.7.